The Balaban J connectivity index is 1.47. The van der Waals surface area contributed by atoms with Gasteiger partial charge in [0.25, 0.3) is 5.91 Å². The lowest BCUT2D eigenvalue weighted by Gasteiger charge is -2.33. The van der Waals surface area contributed by atoms with E-state index < -0.39 is 0 Å². The van der Waals surface area contributed by atoms with Crippen molar-refractivity contribution in [3.8, 4) is 0 Å². The Bertz CT molecular complexity index is 750. The minimum Gasteiger partial charge on any atom is -0.325 e. The van der Waals surface area contributed by atoms with Gasteiger partial charge in [-0.2, -0.15) is 0 Å². The second-order valence-electron chi connectivity index (χ2n) is 7.39. The van der Waals surface area contributed by atoms with Gasteiger partial charge in [0, 0.05) is 17.4 Å². The first-order valence-electron chi connectivity index (χ1n) is 9.46. The van der Waals surface area contributed by atoms with Gasteiger partial charge in [-0.3, -0.25) is 14.5 Å². The lowest BCUT2D eigenvalue weighted by Crippen LogP contribution is -2.39. The van der Waals surface area contributed by atoms with E-state index in [0.717, 1.165) is 11.6 Å². The van der Waals surface area contributed by atoms with E-state index in [1.807, 2.05) is 30.6 Å². The third kappa shape index (κ3) is 5.65. The Hall–Kier alpha value is -2.18. The summed E-state index contributed by atoms with van der Waals surface area (Å²) in [5.41, 5.74) is 1.44. The standard InChI is InChI=1S/C21H27N3O2S/c1-15-5-11-18(12-6-15)24(2)14-20(25)22-16-7-9-17(10-8-16)23-21(26)19-4-3-13-27-19/h3-4,7-10,13,15,18H,5-6,11-12,14H2,1-2H3,(H,22,25)(H,23,26). The summed E-state index contributed by atoms with van der Waals surface area (Å²) in [6.07, 6.45) is 4.83. The third-order valence-electron chi connectivity index (χ3n) is 5.17. The summed E-state index contributed by atoms with van der Waals surface area (Å²) in [4.78, 5) is 27.2. The molecule has 0 atom stereocenters. The summed E-state index contributed by atoms with van der Waals surface area (Å²) < 4.78 is 0. The average molecular weight is 386 g/mol. The van der Waals surface area contributed by atoms with Crippen molar-refractivity contribution >= 4 is 34.5 Å². The molecule has 2 N–H and O–H groups in total. The zero-order chi connectivity index (χ0) is 19.2. The third-order valence-corrected chi connectivity index (χ3v) is 6.04. The number of benzene rings is 1. The Morgan fingerprint density at radius 2 is 1.67 bits per heavy atom. The number of nitrogens with one attached hydrogen (secondary N) is 2. The fourth-order valence-electron chi connectivity index (χ4n) is 3.48. The number of nitrogens with zero attached hydrogens (tertiary/aromatic N) is 1. The van der Waals surface area contributed by atoms with Gasteiger partial charge in [0.1, 0.15) is 0 Å². The van der Waals surface area contributed by atoms with Gasteiger partial charge >= 0.3 is 0 Å². The predicted molar refractivity (Wildman–Crippen MR) is 111 cm³/mol. The highest BCUT2D eigenvalue weighted by Crippen LogP contribution is 2.26. The summed E-state index contributed by atoms with van der Waals surface area (Å²) in [6.45, 7) is 2.70. The summed E-state index contributed by atoms with van der Waals surface area (Å²) in [7, 11) is 2.03. The maximum absolute atomic E-state index is 12.3. The zero-order valence-corrected chi connectivity index (χ0v) is 16.7. The number of hydrogen-bond acceptors (Lipinski definition) is 4. The number of thiophene rings is 1. The second kappa shape index (κ2) is 9.15. The normalized spacial score (nSPS) is 19.7. The molecule has 5 nitrogen and oxygen atoms in total. The Morgan fingerprint density at radius 3 is 2.26 bits per heavy atom. The van der Waals surface area contributed by atoms with E-state index in [1.165, 1.54) is 37.0 Å². The van der Waals surface area contributed by atoms with Crippen LogP contribution in [-0.4, -0.2) is 36.3 Å². The van der Waals surface area contributed by atoms with E-state index in [0.29, 0.717) is 23.2 Å². The van der Waals surface area contributed by atoms with E-state index in [2.05, 4.69) is 22.5 Å². The highest BCUT2D eigenvalue weighted by molar-refractivity contribution is 7.12. The number of carbonyl (C=O) groups excluding carboxylic acids is 2. The first-order valence-corrected chi connectivity index (χ1v) is 10.3. The van der Waals surface area contributed by atoms with E-state index in [4.69, 9.17) is 0 Å². The van der Waals surface area contributed by atoms with E-state index in [1.54, 1.807) is 18.2 Å². The quantitative estimate of drug-likeness (QED) is 0.772. The van der Waals surface area contributed by atoms with Gasteiger partial charge in [-0.25, -0.2) is 0 Å². The molecular weight excluding hydrogens is 358 g/mol. The van der Waals surface area contributed by atoms with E-state index >= 15 is 0 Å². The molecule has 1 aromatic heterocycles. The first kappa shape index (κ1) is 19.6. The predicted octanol–water partition coefficient (Wildman–Crippen LogP) is 4.45. The number of amides is 2. The molecule has 144 valence electrons. The molecule has 1 fully saturated rings. The van der Waals surface area contributed by atoms with Crippen molar-refractivity contribution in [1.82, 2.24) is 4.90 Å². The van der Waals surface area contributed by atoms with Crippen LogP contribution in [0.25, 0.3) is 0 Å². The maximum atomic E-state index is 12.3. The van der Waals surface area contributed by atoms with Gasteiger partial charge < -0.3 is 10.6 Å². The smallest absolute Gasteiger partial charge is 0.265 e. The molecule has 1 aliphatic rings. The molecule has 2 amide bonds. The molecule has 3 rings (SSSR count). The highest BCUT2D eigenvalue weighted by Gasteiger charge is 2.22. The minimum atomic E-state index is -0.120. The molecule has 0 bridgehead atoms. The van der Waals surface area contributed by atoms with Gasteiger partial charge in [0.2, 0.25) is 5.91 Å². The molecule has 1 aliphatic carbocycles. The van der Waals surface area contributed by atoms with Crippen LogP contribution < -0.4 is 10.6 Å². The van der Waals surface area contributed by atoms with Crippen LogP contribution >= 0.6 is 11.3 Å². The van der Waals surface area contributed by atoms with Crippen LogP contribution in [0.2, 0.25) is 0 Å². The molecule has 1 aromatic carbocycles. The van der Waals surface area contributed by atoms with Crippen LogP contribution in [0.1, 0.15) is 42.3 Å². The molecule has 0 radical (unpaired) electrons. The summed E-state index contributed by atoms with van der Waals surface area (Å²) in [5, 5.41) is 7.67. The molecular formula is C21H27N3O2S. The molecule has 0 saturated heterocycles. The van der Waals surface area contributed by atoms with Gasteiger partial charge in [0.15, 0.2) is 0 Å². The number of rotatable bonds is 6. The summed E-state index contributed by atoms with van der Waals surface area (Å²) in [5.74, 6) is 0.680. The van der Waals surface area contributed by atoms with Crippen LogP contribution in [0.3, 0.4) is 0 Å². The molecule has 27 heavy (non-hydrogen) atoms. The molecule has 1 saturated carbocycles. The monoisotopic (exact) mass is 385 g/mol. The molecule has 6 heteroatoms. The number of likely N-dealkylation sites (N-methyl/N-ethyl adjacent to an activating group) is 1. The van der Waals surface area contributed by atoms with Crippen molar-refractivity contribution in [3.05, 3.63) is 46.7 Å². The van der Waals surface area contributed by atoms with Crippen molar-refractivity contribution in [2.45, 2.75) is 38.6 Å². The highest BCUT2D eigenvalue weighted by atomic mass is 32.1. The van der Waals surface area contributed by atoms with Crippen LogP contribution in [0, 0.1) is 5.92 Å². The van der Waals surface area contributed by atoms with Crippen LogP contribution in [0.4, 0.5) is 11.4 Å². The summed E-state index contributed by atoms with van der Waals surface area (Å²) >= 11 is 1.41. The van der Waals surface area contributed by atoms with Crippen molar-refractivity contribution in [3.63, 3.8) is 0 Å². The van der Waals surface area contributed by atoms with Crippen molar-refractivity contribution < 1.29 is 9.59 Å². The maximum Gasteiger partial charge on any atom is 0.265 e. The van der Waals surface area contributed by atoms with Crippen LogP contribution in [0.5, 0.6) is 0 Å². The molecule has 1 heterocycles. The van der Waals surface area contributed by atoms with Gasteiger partial charge in [-0.15, -0.1) is 11.3 Å². The molecule has 0 aliphatic heterocycles. The van der Waals surface area contributed by atoms with Crippen molar-refractivity contribution in [2.75, 3.05) is 24.2 Å². The number of carbonyl (C=O) groups is 2. The van der Waals surface area contributed by atoms with E-state index in [-0.39, 0.29) is 11.8 Å². The lowest BCUT2D eigenvalue weighted by atomic mass is 9.87. The fourth-order valence-corrected chi connectivity index (χ4v) is 4.10. The van der Waals surface area contributed by atoms with Crippen molar-refractivity contribution in [1.29, 1.82) is 0 Å². The first-order chi connectivity index (χ1) is 13.0. The Morgan fingerprint density at radius 1 is 1.04 bits per heavy atom. The Labute approximate surface area is 164 Å². The number of anilines is 2. The lowest BCUT2D eigenvalue weighted by molar-refractivity contribution is -0.117. The molecule has 0 unspecified atom stereocenters. The van der Waals surface area contributed by atoms with E-state index in [9.17, 15) is 9.59 Å². The molecule has 2 aromatic rings. The second-order valence-corrected chi connectivity index (χ2v) is 8.33. The van der Waals surface area contributed by atoms with Gasteiger partial charge in [-0.1, -0.05) is 13.0 Å². The summed E-state index contributed by atoms with van der Waals surface area (Å²) in [6, 6.07) is 11.4. The van der Waals surface area contributed by atoms with Crippen molar-refractivity contribution in [2.24, 2.45) is 5.92 Å². The zero-order valence-electron chi connectivity index (χ0n) is 15.9. The Kier molecular flexibility index (Phi) is 6.63. The SMILES string of the molecule is CC1CCC(N(C)CC(=O)Nc2ccc(NC(=O)c3cccs3)cc2)CC1. The largest absolute Gasteiger partial charge is 0.325 e. The van der Waals surface area contributed by atoms with Crippen LogP contribution in [-0.2, 0) is 4.79 Å². The molecule has 0 spiro atoms. The van der Waals surface area contributed by atoms with Crippen LogP contribution in [0.15, 0.2) is 41.8 Å². The number of hydrogen-bond donors (Lipinski definition) is 2. The topological polar surface area (TPSA) is 61.4 Å². The minimum absolute atomic E-state index is 0.00788. The van der Waals surface area contributed by atoms with Gasteiger partial charge in [-0.05, 0) is 74.4 Å². The van der Waals surface area contributed by atoms with Gasteiger partial charge in [0.05, 0.1) is 11.4 Å². The average Bonchev–Trinajstić information content (AvgIpc) is 3.18. The fraction of sp³-hybridized carbons (Fsp3) is 0.429.